The average molecular weight is 444 g/mol. The molecule has 2 fully saturated rings. The zero-order chi connectivity index (χ0) is 22.6. The smallest absolute Gasteiger partial charge is 0.251 e. The van der Waals surface area contributed by atoms with Crippen LogP contribution >= 0.6 is 0 Å². The molecule has 0 saturated carbocycles. The van der Waals surface area contributed by atoms with E-state index in [9.17, 15) is 9.59 Å². The second-order valence-corrected chi connectivity index (χ2v) is 8.06. The number of amides is 2. The molecular weight excluding hydrogens is 420 g/mol. The second kappa shape index (κ2) is 9.44. The first-order valence-corrected chi connectivity index (χ1v) is 10.9. The van der Waals surface area contributed by atoms with E-state index >= 15 is 0 Å². The lowest BCUT2D eigenvalue weighted by Crippen LogP contribution is -2.46. The summed E-state index contributed by atoms with van der Waals surface area (Å²) in [6.07, 6.45) is -0.630. The van der Waals surface area contributed by atoms with Crippen LogP contribution in [-0.4, -0.2) is 49.3 Å². The van der Waals surface area contributed by atoms with Crippen molar-refractivity contribution in [1.82, 2.24) is 10.6 Å². The number of hydrogen-bond acceptors (Lipinski definition) is 5. The molecule has 33 heavy (non-hydrogen) atoms. The van der Waals surface area contributed by atoms with E-state index in [1.54, 1.807) is 36.4 Å². The van der Waals surface area contributed by atoms with Gasteiger partial charge in [0.2, 0.25) is 0 Å². The first-order chi connectivity index (χ1) is 16.2. The van der Waals surface area contributed by atoms with Crippen LogP contribution in [0, 0.1) is 0 Å². The highest BCUT2D eigenvalue weighted by atomic mass is 16.6. The summed E-state index contributed by atoms with van der Waals surface area (Å²) < 4.78 is 17.6. The fraction of sp³-hybridized carbons (Fsp3) is 0.231. The Labute approximate surface area is 191 Å². The van der Waals surface area contributed by atoms with Crippen molar-refractivity contribution in [3.63, 3.8) is 0 Å². The van der Waals surface area contributed by atoms with Gasteiger partial charge in [0.05, 0.1) is 25.3 Å². The van der Waals surface area contributed by atoms with Gasteiger partial charge in [0, 0.05) is 11.1 Å². The molecule has 2 heterocycles. The van der Waals surface area contributed by atoms with Gasteiger partial charge < -0.3 is 24.8 Å². The molecule has 2 amide bonds. The third kappa shape index (κ3) is 4.74. The Balaban J connectivity index is 1.19. The zero-order valence-corrected chi connectivity index (χ0v) is 17.8. The number of nitrogens with one attached hydrogen (secondary N) is 2. The van der Waals surface area contributed by atoms with Crippen LogP contribution in [0.2, 0.25) is 0 Å². The summed E-state index contributed by atoms with van der Waals surface area (Å²) in [5.74, 6) is 0.875. The summed E-state index contributed by atoms with van der Waals surface area (Å²) in [7, 11) is 0. The molecule has 5 rings (SSSR count). The largest absolute Gasteiger partial charge is 0.457 e. The normalized spacial score (nSPS) is 23.5. The van der Waals surface area contributed by atoms with Gasteiger partial charge in [-0.15, -0.1) is 0 Å². The molecule has 3 aromatic rings. The summed E-state index contributed by atoms with van der Waals surface area (Å²) >= 11 is 0. The van der Waals surface area contributed by atoms with E-state index in [1.165, 1.54) is 0 Å². The van der Waals surface area contributed by atoms with Gasteiger partial charge in [0.15, 0.2) is 0 Å². The summed E-state index contributed by atoms with van der Waals surface area (Å²) in [6, 6.07) is 24.9. The predicted molar refractivity (Wildman–Crippen MR) is 121 cm³/mol. The van der Waals surface area contributed by atoms with Gasteiger partial charge in [-0.05, 0) is 42.5 Å². The molecule has 0 aromatic heterocycles. The van der Waals surface area contributed by atoms with E-state index in [0.29, 0.717) is 35.8 Å². The predicted octanol–water partition coefficient (Wildman–Crippen LogP) is 3.17. The number of benzene rings is 3. The fourth-order valence-electron chi connectivity index (χ4n) is 4.17. The molecule has 2 aliphatic heterocycles. The monoisotopic (exact) mass is 444 g/mol. The van der Waals surface area contributed by atoms with Crippen molar-refractivity contribution in [2.45, 2.75) is 24.3 Å². The van der Waals surface area contributed by atoms with Crippen LogP contribution in [0.5, 0.6) is 11.5 Å². The minimum absolute atomic E-state index is 0.170. The van der Waals surface area contributed by atoms with Gasteiger partial charge in [0.25, 0.3) is 11.8 Å². The van der Waals surface area contributed by atoms with Crippen LogP contribution in [0.15, 0.2) is 84.9 Å². The first kappa shape index (κ1) is 21.2. The van der Waals surface area contributed by atoms with Crippen molar-refractivity contribution in [2.24, 2.45) is 0 Å². The number of fused-ring (bicyclic) bond motifs is 1. The quantitative estimate of drug-likeness (QED) is 0.610. The van der Waals surface area contributed by atoms with E-state index in [2.05, 4.69) is 10.6 Å². The Kier molecular flexibility index (Phi) is 6.06. The van der Waals surface area contributed by atoms with Gasteiger partial charge in [-0.25, -0.2) is 0 Å². The zero-order valence-electron chi connectivity index (χ0n) is 17.8. The summed E-state index contributed by atoms with van der Waals surface area (Å²) in [5, 5.41) is 5.99. The second-order valence-electron chi connectivity index (χ2n) is 8.06. The van der Waals surface area contributed by atoms with Crippen molar-refractivity contribution < 1.29 is 23.8 Å². The molecular formula is C26H24N2O5. The molecule has 7 heteroatoms. The number of para-hydroxylation sites is 1. The SMILES string of the molecule is O=C(NC1COC2C(NC(=O)c3cccc(Oc4ccccc4)c3)COC12)c1ccccc1. The molecule has 0 radical (unpaired) electrons. The van der Waals surface area contributed by atoms with E-state index in [0.717, 1.165) is 0 Å². The van der Waals surface area contributed by atoms with Gasteiger partial charge >= 0.3 is 0 Å². The number of ether oxygens (including phenoxy) is 3. The fourth-order valence-corrected chi connectivity index (χ4v) is 4.17. The van der Waals surface area contributed by atoms with Crippen LogP contribution in [0.1, 0.15) is 20.7 Å². The maximum absolute atomic E-state index is 12.9. The summed E-state index contributed by atoms with van der Waals surface area (Å²) in [4.78, 5) is 25.4. The Morgan fingerprint density at radius 3 is 1.82 bits per heavy atom. The van der Waals surface area contributed by atoms with Crippen molar-refractivity contribution in [1.29, 1.82) is 0 Å². The van der Waals surface area contributed by atoms with Gasteiger partial charge in [-0.3, -0.25) is 9.59 Å². The highest BCUT2D eigenvalue weighted by Crippen LogP contribution is 2.28. The van der Waals surface area contributed by atoms with Crippen LogP contribution in [0.4, 0.5) is 0 Å². The Morgan fingerprint density at radius 1 is 0.667 bits per heavy atom. The van der Waals surface area contributed by atoms with E-state index in [4.69, 9.17) is 14.2 Å². The third-order valence-electron chi connectivity index (χ3n) is 5.80. The van der Waals surface area contributed by atoms with Crippen molar-refractivity contribution in [3.05, 3.63) is 96.1 Å². The van der Waals surface area contributed by atoms with Gasteiger partial charge in [-0.1, -0.05) is 42.5 Å². The lowest BCUT2D eigenvalue weighted by molar-refractivity contribution is 0.0628. The minimum atomic E-state index is -0.321. The maximum Gasteiger partial charge on any atom is 0.251 e. The minimum Gasteiger partial charge on any atom is -0.457 e. The van der Waals surface area contributed by atoms with E-state index in [1.807, 2.05) is 48.5 Å². The molecule has 0 aliphatic carbocycles. The van der Waals surface area contributed by atoms with Crippen LogP contribution in [-0.2, 0) is 9.47 Å². The molecule has 2 saturated heterocycles. The molecule has 7 nitrogen and oxygen atoms in total. The Morgan fingerprint density at radius 2 is 1.18 bits per heavy atom. The summed E-state index contributed by atoms with van der Waals surface area (Å²) in [6.45, 7) is 0.652. The van der Waals surface area contributed by atoms with E-state index < -0.39 is 0 Å². The molecule has 4 atom stereocenters. The van der Waals surface area contributed by atoms with Crippen LogP contribution in [0.3, 0.4) is 0 Å². The molecule has 2 N–H and O–H groups in total. The Hall–Kier alpha value is -3.68. The highest BCUT2D eigenvalue weighted by Gasteiger charge is 2.48. The molecule has 2 aliphatic rings. The maximum atomic E-state index is 12.9. The summed E-state index contributed by atoms with van der Waals surface area (Å²) in [5.41, 5.74) is 1.07. The molecule has 168 valence electrons. The number of carbonyl (C=O) groups excluding carboxylic acids is 2. The number of rotatable bonds is 6. The Bertz CT molecular complexity index is 1120. The van der Waals surface area contributed by atoms with Crippen LogP contribution < -0.4 is 15.4 Å². The van der Waals surface area contributed by atoms with Gasteiger partial charge in [-0.2, -0.15) is 0 Å². The number of hydrogen-bond donors (Lipinski definition) is 2. The molecule has 0 spiro atoms. The van der Waals surface area contributed by atoms with Crippen LogP contribution in [0.25, 0.3) is 0 Å². The van der Waals surface area contributed by atoms with Crippen molar-refractivity contribution in [2.75, 3.05) is 13.2 Å². The first-order valence-electron chi connectivity index (χ1n) is 10.9. The standard InChI is InChI=1S/C26H24N2O5/c29-25(17-8-3-1-4-9-17)27-21-15-31-24-22(16-32-23(21)24)28-26(30)18-10-7-13-20(14-18)33-19-11-5-2-6-12-19/h1-14,21-24H,15-16H2,(H,27,29)(H,28,30). The number of carbonyl (C=O) groups is 2. The van der Waals surface area contributed by atoms with E-state index in [-0.39, 0.29) is 36.1 Å². The average Bonchev–Trinajstić information content (AvgIpc) is 3.44. The molecule has 3 aromatic carbocycles. The lowest BCUT2D eigenvalue weighted by atomic mass is 10.0. The molecule has 0 bridgehead atoms. The molecule has 4 unspecified atom stereocenters. The lowest BCUT2D eigenvalue weighted by Gasteiger charge is -2.18. The van der Waals surface area contributed by atoms with Crippen molar-refractivity contribution in [3.8, 4) is 11.5 Å². The third-order valence-corrected chi connectivity index (χ3v) is 5.80. The van der Waals surface area contributed by atoms with Crippen molar-refractivity contribution >= 4 is 11.8 Å². The van der Waals surface area contributed by atoms with Gasteiger partial charge in [0.1, 0.15) is 23.7 Å². The highest BCUT2D eigenvalue weighted by molar-refractivity contribution is 5.95. The topological polar surface area (TPSA) is 85.9 Å².